The second-order valence-electron chi connectivity index (χ2n) is 2.44. The first-order chi connectivity index (χ1) is 5.29. The van der Waals surface area contributed by atoms with Gasteiger partial charge >= 0.3 is 0 Å². The molecule has 0 fully saturated rings. The molecule has 0 saturated carbocycles. The molecule has 0 bridgehead atoms. The van der Waals surface area contributed by atoms with E-state index in [1.165, 1.54) is 0 Å². The summed E-state index contributed by atoms with van der Waals surface area (Å²) in [6.45, 7) is 5.98. The largest absolute Gasteiger partial charge is 0.260 e. The molecule has 1 aromatic rings. The van der Waals surface area contributed by atoms with Gasteiger partial charge in [-0.2, -0.15) is 11.8 Å². The molecular formula is C9H12NS. The number of nitrogens with zero attached hydrogens (tertiary/aromatic N) is 1. The van der Waals surface area contributed by atoms with Gasteiger partial charge in [0.25, 0.3) is 0 Å². The monoisotopic (exact) mass is 166 g/mol. The third-order valence-corrected chi connectivity index (χ3v) is 2.27. The van der Waals surface area contributed by atoms with Gasteiger partial charge < -0.3 is 0 Å². The van der Waals surface area contributed by atoms with Crippen LogP contribution in [-0.2, 0) is 5.75 Å². The summed E-state index contributed by atoms with van der Waals surface area (Å²) in [7, 11) is 0. The molecule has 11 heavy (non-hydrogen) atoms. The van der Waals surface area contributed by atoms with Crippen LogP contribution < -0.4 is 0 Å². The van der Waals surface area contributed by atoms with Gasteiger partial charge in [-0.1, -0.05) is 13.0 Å². The van der Waals surface area contributed by atoms with E-state index in [1.807, 2.05) is 36.2 Å². The van der Waals surface area contributed by atoms with E-state index in [4.69, 9.17) is 0 Å². The molecule has 0 N–H and O–H groups in total. The first kappa shape index (κ1) is 8.60. The van der Waals surface area contributed by atoms with Gasteiger partial charge in [0.2, 0.25) is 0 Å². The fraction of sp³-hybridized carbons (Fsp3) is 0.333. The van der Waals surface area contributed by atoms with Gasteiger partial charge in [0.1, 0.15) is 0 Å². The van der Waals surface area contributed by atoms with E-state index < -0.39 is 0 Å². The molecule has 59 valence electrons. The SMILES string of the molecule is [CH2]C(C)SCc1ccccn1. The zero-order valence-electron chi connectivity index (χ0n) is 6.66. The molecule has 0 saturated heterocycles. The molecule has 0 aromatic carbocycles. The summed E-state index contributed by atoms with van der Waals surface area (Å²) in [5.41, 5.74) is 1.13. The lowest BCUT2D eigenvalue weighted by Gasteiger charge is -2.02. The summed E-state index contributed by atoms with van der Waals surface area (Å²) < 4.78 is 0. The van der Waals surface area contributed by atoms with Gasteiger partial charge in [-0.05, 0) is 19.1 Å². The third-order valence-electron chi connectivity index (χ3n) is 1.24. The van der Waals surface area contributed by atoms with Crippen LogP contribution in [0.4, 0.5) is 0 Å². The summed E-state index contributed by atoms with van der Waals surface area (Å²) in [6.07, 6.45) is 1.82. The Morgan fingerprint density at radius 1 is 1.64 bits per heavy atom. The second-order valence-corrected chi connectivity index (χ2v) is 3.87. The molecule has 1 radical (unpaired) electrons. The Kier molecular flexibility index (Phi) is 3.43. The zero-order chi connectivity index (χ0) is 8.10. The van der Waals surface area contributed by atoms with Crippen LogP contribution in [0.3, 0.4) is 0 Å². The highest BCUT2D eigenvalue weighted by Gasteiger charge is 1.95. The van der Waals surface area contributed by atoms with Crippen molar-refractivity contribution in [1.82, 2.24) is 4.98 Å². The van der Waals surface area contributed by atoms with Crippen molar-refractivity contribution < 1.29 is 0 Å². The summed E-state index contributed by atoms with van der Waals surface area (Å²) >= 11 is 1.81. The molecular weight excluding hydrogens is 154 g/mol. The Bertz CT molecular complexity index is 196. The van der Waals surface area contributed by atoms with Crippen LogP contribution in [0.2, 0.25) is 0 Å². The minimum Gasteiger partial charge on any atom is -0.260 e. The maximum atomic E-state index is 4.20. The lowest BCUT2D eigenvalue weighted by atomic mass is 10.4. The van der Waals surface area contributed by atoms with Crippen LogP contribution in [0.25, 0.3) is 0 Å². The molecule has 0 spiro atoms. The summed E-state index contributed by atoms with van der Waals surface area (Å²) in [4.78, 5) is 4.20. The predicted octanol–water partition coefficient (Wildman–Crippen LogP) is 2.54. The van der Waals surface area contributed by atoms with Crippen LogP contribution in [-0.4, -0.2) is 10.2 Å². The number of thioether (sulfide) groups is 1. The van der Waals surface area contributed by atoms with E-state index in [-0.39, 0.29) is 0 Å². The number of hydrogen-bond donors (Lipinski definition) is 0. The topological polar surface area (TPSA) is 12.9 Å². The standard InChI is InChI=1S/C9H12NS/c1-8(2)11-7-9-5-3-4-6-10-9/h3-6,8H,1,7H2,2H3. The van der Waals surface area contributed by atoms with Crippen molar-refractivity contribution in [1.29, 1.82) is 0 Å². The van der Waals surface area contributed by atoms with Gasteiger partial charge in [0.05, 0.1) is 5.69 Å². The predicted molar refractivity (Wildman–Crippen MR) is 50.4 cm³/mol. The molecule has 2 heteroatoms. The normalized spacial score (nSPS) is 10.5. The molecule has 0 aliphatic carbocycles. The molecule has 1 nitrogen and oxygen atoms in total. The summed E-state index contributed by atoms with van der Waals surface area (Å²) in [5, 5.41) is 0.442. The first-order valence-electron chi connectivity index (χ1n) is 3.63. The second kappa shape index (κ2) is 4.39. The Morgan fingerprint density at radius 3 is 3.00 bits per heavy atom. The first-order valence-corrected chi connectivity index (χ1v) is 4.68. The summed E-state index contributed by atoms with van der Waals surface area (Å²) in [5.74, 6) is 0.964. The minimum atomic E-state index is 0.442. The van der Waals surface area contributed by atoms with Crippen LogP contribution >= 0.6 is 11.8 Å². The molecule has 0 amide bonds. The fourth-order valence-corrected chi connectivity index (χ4v) is 1.34. The number of rotatable bonds is 3. The minimum absolute atomic E-state index is 0.442. The molecule has 1 unspecified atom stereocenters. The van der Waals surface area contributed by atoms with E-state index >= 15 is 0 Å². The van der Waals surface area contributed by atoms with Crippen molar-refractivity contribution in [2.75, 3.05) is 0 Å². The molecule has 0 aliphatic rings. The van der Waals surface area contributed by atoms with Gasteiger partial charge in [0, 0.05) is 17.2 Å². The van der Waals surface area contributed by atoms with Crippen LogP contribution in [0.5, 0.6) is 0 Å². The number of aromatic nitrogens is 1. The molecule has 1 rings (SSSR count). The van der Waals surface area contributed by atoms with E-state index in [1.54, 1.807) is 0 Å². The summed E-state index contributed by atoms with van der Waals surface area (Å²) in [6, 6.07) is 5.98. The van der Waals surface area contributed by atoms with Crippen molar-refractivity contribution >= 4 is 11.8 Å². The molecule has 0 aliphatic heterocycles. The molecule has 1 atom stereocenters. The van der Waals surface area contributed by atoms with Crippen molar-refractivity contribution in [2.45, 2.75) is 17.9 Å². The highest BCUT2D eigenvalue weighted by atomic mass is 32.2. The smallest absolute Gasteiger partial charge is 0.0502 e. The van der Waals surface area contributed by atoms with Crippen molar-refractivity contribution in [3.05, 3.63) is 37.0 Å². The Hall–Kier alpha value is -0.500. The zero-order valence-corrected chi connectivity index (χ0v) is 7.47. The highest BCUT2D eigenvalue weighted by molar-refractivity contribution is 7.99. The van der Waals surface area contributed by atoms with Gasteiger partial charge in [0.15, 0.2) is 0 Å². The maximum Gasteiger partial charge on any atom is 0.0502 e. The van der Waals surface area contributed by atoms with Crippen molar-refractivity contribution in [2.24, 2.45) is 0 Å². The van der Waals surface area contributed by atoms with Gasteiger partial charge in [-0.3, -0.25) is 4.98 Å². The van der Waals surface area contributed by atoms with Crippen LogP contribution in [0.1, 0.15) is 12.6 Å². The van der Waals surface area contributed by atoms with Crippen LogP contribution in [0, 0.1) is 6.92 Å². The van der Waals surface area contributed by atoms with Crippen LogP contribution in [0.15, 0.2) is 24.4 Å². The van der Waals surface area contributed by atoms with E-state index in [2.05, 4.69) is 18.8 Å². The van der Waals surface area contributed by atoms with Gasteiger partial charge in [-0.25, -0.2) is 0 Å². The lowest BCUT2D eigenvalue weighted by molar-refractivity contribution is 1.16. The number of hydrogen-bond acceptors (Lipinski definition) is 2. The Labute approximate surface area is 72.2 Å². The average molecular weight is 166 g/mol. The van der Waals surface area contributed by atoms with Crippen molar-refractivity contribution in [3.63, 3.8) is 0 Å². The Balaban J connectivity index is 2.39. The quantitative estimate of drug-likeness (QED) is 0.684. The molecule has 1 heterocycles. The highest BCUT2D eigenvalue weighted by Crippen LogP contribution is 2.14. The molecule has 1 aromatic heterocycles. The fourth-order valence-electron chi connectivity index (χ4n) is 0.711. The van der Waals surface area contributed by atoms with Crippen molar-refractivity contribution in [3.8, 4) is 0 Å². The van der Waals surface area contributed by atoms with Gasteiger partial charge in [-0.15, -0.1) is 0 Å². The lowest BCUT2D eigenvalue weighted by Crippen LogP contribution is -1.90. The van der Waals surface area contributed by atoms with E-state index in [0.29, 0.717) is 5.25 Å². The van der Waals surface area contributed by atoms with E-state index in [9.17, 15) is 0 Å². The third kappa shape index (κ3) is 3.42. The Morgan fingerprint density at radius 2 is 2.45 bits per heavy atom. The average Bonchev–Trinajstić information content (AvgIpc) is 2.03. The van der Waals surface area contributed by atoms with E-state index in [0.717, 1.165) is 11.4 Å². The number of pyridine rings is 1. The maximum absolute atomic E-state index is 4.20.